The molecule has 174 valence electrons. The van der Waals surface area contributed by atoms with Crippen molar-refractivity contribution in [3.05, 3.63) is 53.8 Å². The number of ether oxygens (including phenoxy) is 2. The molecule has 2 N–H and O–H groups in total. The summed E-state index contributed by atoms with van der Waals surface area (Å²) in [5.74, 6) is 2.18. The van der Waals surface area contributed by atoms with Crippen molar-refractivity contribution in [1.82, 2.24) is 10.6 Å². The van der Waals surface area contributed by atoms with Crippen LogP contribution in [0.5, 0.6) is 11.5 Å². The largest absolute Gasteiger partial charge is 0.497 e. The average Bonchev–Trinajstić information content (AvgIpc) is 2.82. The van der Waals surface area contributed by atoms with Gasteiger partial charge in [-0.05, 0) is 30.5 Å². The SMILES string of the molecule is CN=C(NCC(C)(C)c1ccc(F)cc1)NC1CCN(c2cc(OC)cc(OC)c2)CC1. The third-order valence-electron chi connectivity index (χ3n) is 6.08. The zero-order valence-electron chi connectivity index (χ0n) is 19.7. The van der Waals surface area contributed by atoms with Crippen LogP contribution >= 0.6 is 0 Å². The predicted octanol–water partition coefficient (Wildman–Crippen LogP) is 3.95. The lowest BCUT2D eigenvalue weighted by atomic mass is 9.84. The summed E-state index contributed by atoms with van der Waals surface area (Å²) in [5, 5.41) is 7.00. The van der Waals surface area contributed by atoms with E-state index in [9.17, 15) is 4.39 Å². The van der Waals surface area contributed by atoms with Crippen LogP contribution in [-0.4, -0.2) is 52.9 Å². The Bertz CT molecular complexity index is 884. The van der Waals surface area contributed by atoms with Gasteiger partial charge in [0.05, 0.1) is 14.2 Å². The topological polar surface area (TPSA) is 58.1 Å². The molecule has 0 radical (unpaired) electrons. The van der Waals surface area contributed by atoms with Crippen LogP contribution in [0.4, 0.5) is 10.1 Å². The number of benzene rings is 2. The minimum atomic E-state index is -0.214. The molecule has 1 fully saturated rings. The summed E-state index contributed by atoms with van der Waals surface area (Å²) in [4.78, 5) is 6.76. The van der Waals surface area contributed by atoms with Gasteiger partial charge in [-0.3, -0.25) is 4.99 Å². The molecule has 1 saturated heterocycles. The molecule has 0 unspecified atom stereocenters. The van der Waals surface area contributed by atoms with E-state index in [4.69, 9.17) is 9.47 Å². The standard InChI is InChI=1S/C25H35FN4O2/c1-25(2,18-6-8-19(26)9-7-18)17-28-24(27-3)29-20-10-12-30(13-11-20)21-14-22(31-4)16-23(15-21)32-5/h6-9,14-16,20H,10-13,17H2,1-5H3,(H2,27,28,29). The van der Waals surface area contributed by atoms with E-state index in [0.717, 1.165) is 54.6 Å². The smallest absolute Gasteiger partial charge is 0.191 e. The van der Waals surface area contributed by atoms with E-state index in [2.05, 4.69) is 34.4 Å². The number of anilines is 1. The second-order valence-corrected chi connectivity index (χ2v) is 8.79. The van der Waals surface area contributed by atoms with Gasteiger partial charge >= 0.3 is 0 Å². The maximum Gasteiger partial charge on any atom is 0.191 e. The highest BCUT2D eigenvalue weighted by molar-refractivity contribution is 5.80. The van der Waals surface area contributed by atoms with Gasteiger partial charge in [-0.1, -0.05) is 26.0 Å². The van der Waals surface area contributed by atoms with Crippen molar-refractivity contribution in [2.24, 2.45) is 4.99 Å². The van der Waals surface area contributed by atoms with Crippen LogP contribution in [0.2, 0.25) is 0 Å². The van der Waals surface area contributed by atoms with Crippen LogP contribution < -0.4 is 25.0 Å². The first-order chi connectivity index (χ1) is 15.3. The molecule has 2 aromatic rings. The quantitative estimate of drug-likeness (QED) is 0.502. The fourth-order valence-electron chi connectivity index (χ4n) is 3.95. The van der Waals surface area contributed by atoms with Gasteiger partial charge in [-0.15, -0.1) is 0 Å². The number of halogens is 1. The van der Waals surface area contributed by atoms with E-state index in [1.165, 1.54) is 12.1 Å². The molecule has 0 aliphatic carbocycles. The number of nitrogens with one attached hydrogen (secondary N) is 2. The summed E-state index contributed by atoms with van der Waals surface area (Å²) in [6.45, 7) is 6.85. The molecule has 6 nitrogen and oxygen atoms in total. The lowest BCUT2D eigenvalue weighted by molar-refractivity contribution is 0.393. The Kier molecular flexibility index (Phi) is 7.83. The third-order valence-corrected chi connectivity index (χ3v) is 6.08. The molecule has 2 aromatic carbocycles. The Morgan fingerprint density at radius 1 is 1.06 bits per heavy atom. The fourth-order valence-corrected chi connectivity index (χ4v) is 3.95. The number of nitrogens with zero attached hydrogens (tertiary/aromatic N) is 2. The molecule has 32 heavy (non-hydrogen) atoms. The Balaban J connectivity index is 1.53. The van der Waals surface area contributed by atoms with Crippen molar-refractivity contribution in [1.29, 1.82) is 0 Å². The zero-order chi connectivity index (χ0) is 23.1. The van der Waals surface area contributed by atoms with Crippen LogP contribution in [0, 0.1) is 5.82 Å². The molecular formula is C25H35FN4O2. The molecule has 1 aliphatic rings. The summed E-state index contributed by atoms with van der Waals surface area (Å²) in [5.41, 5.74) is 2.05. The van der Waals surface area contributed by atoms with Gasteiger partial charge in [-0.25, -0.2) is 4.39 Å². The zero-order valence-corrected chi connectivity index (χ0v) is 19.7. The van der Waals surface area contributed by atoms with Crippen LogP contribution in [0.3, 0.4) is 0 Å². The summed E-state index contributed by atoms with van der Waals surface area (Å²) >= 11 is 0. The molecule has 0 saturated carbocycles. The third kappa shape index (κ3) is 6.05. The van der Waals surface area contributed by atoms with Gasteiger partial charge in [0.1, 0.15) is 17.3 Å². The maximum atomic E-state index is 13.3. The monoisotopic (exact) mass is 442 g/mol. The minimum absolute atomic E-state index is 0.153. The molecule has 1 heterocycles. The molecule has 0 bridgehead atoms. The van der Waals surface area contributed by atoms with Crippen LogP contribution in [0.1, 0.15) is 32.3 Å². The summed E-state index contributed by atoms with van der Waals surface area (Å²) in [6, 6.07) is 13.0. The number of guanidine groups is 1. The van der Waals surface area contributed by atoms with Gasteiger partial charge in [0.15, 0.2) is 5.96 Å². The van der Waals surface area contributed by atoms with Crippen LogP contribution in [0.25, 0.3) is 0 Å². The average molecular weight is 443 g/mol. The summed E-state index contributed by atoms with van der Waals surface area (Å²) in [7, 11) is 5.13. The lowest BCUT2D eigenvalue weighted by Crippen LogP contribution is -2.50. The van der Waals surface area contributed by atoms with Gasteiger partial charge < -0.3 is 25.0 Å². The first kappa shape index (κ1) is 23.7. The minimum Gasteiger partial charge on any atom is -0.497 e. The van der Waals surface area contributed by atoms with Gasteiger partial charge in [-0.2, -0.15) is 0 Å². The Morgan fingerprint density at radius 3 is 2.19 bits per heavy atom. The summed E-state index contributed by atoms with van der Waals surface area (Å²) < 4.78 is 24.1. The number of piperidine rings is 1. The van der Waals surface area contributed by atoms with Crippen molar-refractivity contribution in [3.63, 3.8) is 0 Å². The van der Waals surface area contributed by atoms with Crippen molar-refractivity contribution >= 4 is 11.6 Å². The number of methoxy groups -OCH3 is 2. The molecule has 0 atom stereocenters. The van der Waals surface area contributed by atoms with E-state index < -0.39 is 0 Å². The van der Waals surface area contributed by atoms with Crippen molar-refractivity contribution in [2.75, 3.05) is 45.8 Å². The van der Waals surface area contributed by atoms with E-state index >= 15 is 0 Å². The van der Waals surface area contributed by atoms with Crippen molar-refractivity contribution < 1.29 is 13.9 Å². The fraction of sp³-hybridized carbons (Fsp3) is 0.480. The van der Waals surface area contributed by atoms with Gasteiger partial charge in [0.2, 0.25) is 0 Å². The van der Waals surface area contributed by atoms with E-state index in [1.807, 2.05) is 30.3 Å². The molecule has 3 rings (SSSR count). The van der Waals surface area contributed by atoms with Gasteiger partial charge in [0, 0.05) is 62.0 Å². The highest BCUT2D eigenvalue weighted by atomic mass is 19.1. The number of hydrogen-bond donors (Lipinski definition) is 2. The summed E-state index contributed by atoms with van der Waals surface area (Å²) in [6.07, 6.45) is 2.00. The highest BCUT2D eigenvalue weighted by Crippen LogP contribution is 2.30. The molecule has 0 amide bonds. The van der Waals surface area contributed by atoms with Crippen molar-refractivity contribution in [2.45, 2.75) is 38.1 Å². The molecule has 1 aliphatic heterocycles. The molecule has 7 heteroatoms. The van der Waals surface area contributed by atoms with Crippen LogP contribution in [-0.2, 0) is 5.41 Å². The number of aliphatic imine (C=N–C) groups is 1. The normalized spacial score (nSPS) is 15.4. The first-order valence-electron chi connectivity index (χ1n) is 11.1. The van der Waals surface area contributed by atoms with E-state index in [1.54, 1.807) is 21.3 Å². The second kappa shape index (κ2) is 10.6. The molecule has 0 spiro atoms. The van der Waals surface area contributed by atoms with E-state index in [0.29, 0.717) is 12.6 Å². The number of hydrogen-bond acceptors (Lipinski definition) is 4. The van der Waals surface area contributed by atoms with Gasteiger partial charge in [0.25, 0.3) is 0 Å². The lowest BCUT2D eigenvalue weighted by Gasteiger charge is -2.35. The van der Waals surface area contributed by atoms with Crippen LogP contribution in [0.15, 0.2) is 47.5 Å². The Labute approximate surface area is 190 Å². The Hall–Kier alpha value is -2.96. The molecule has 0 aromatic heterocycles. The number of rotatable bonds is 7. The first-order valence-corrected chi connectivity index (χ1v) is 11.1. The second-order valence-electron chi connectivity index (χ2n) is 8.79. The molecular weight excluding hydrogens is 407 g/mol. The van der Waals surface area contributed by atoms with E-state index in [-0.39, 0.29) is 11.2 Å². The predicted molar refractivity (Wildman–Crippen MR) is 129 cm³/mol. The van der Waals surface area contributed by atoms with Crippen molar-refractivity contribution in [3.8, 4) is 11.5 Å². The highest BCUT2D eigenvalue weighted by Gasteiger charge is 2.24. The Morgan fingerprint density at radius 2 is 1.66 bits per heavy atom. The maximum absolute atomic E-state index is 13.3.